The molecule has 0 aliphatic carbocycles. The second-order valence-corrected chi connectivity index (χ2v) is 8.56. The fourth-order valence-electron chi connectivity index (χ4n) is 4.07. The zero-order chi connectivity index (χ0) is 22.5. The third-order valence-corrected chi connectivity index (χ3v) is 6.12. The van der Waals surface area contributed by atoms with E-state index in [2.05, 4.69) is 21.4 Å². The first-order valence-electron chi connectivity index (χ1n) is 11.0. The Labute approximate surface area is 192 Å². The predicted molar refractivity (Wildman–Crippen MR) is 126 cm³/mol. The number of rotatable bonds is 6. The van der Waals surface area contributed by atoms with Gasteiger partial charge in [0.25, 0.3) is 5.91 Å². The molecule has 2 heterocycles. The number of nitrogens with zero attached hydrogens (tertiary/aromatic N) is 3. The van der Waals surface area contributed by atoms with Gasteiger partial charge in [0.1, 0.15) is 0 Å². The second kappa shape index (κ2) is 10.1. The van der Waals surface area contributed by atoms with Crippen LogP contribution < -0.4 is 10.7 Å². The van der Waals surface area contributed by atoms with Gasteiger partial charge in [0.15, 0.2) is 5.69 Å². The quantitative estimate of drug-likeness (QED) is 0.613. The minimum atomic E-state index is -0.497. The lowest BCUT2D eigenvalue weighted by molar-refractivity contribution is 0.0942. The Morgan fingerprint density at radius 2 is 1.72 bits per heavy atom. The number of likely N-dealkylation sites (tertiary alicyclic amines) is 1. The molecule has 1 amide bonds. The van der Waals surface area contributed by atoms with Gasteiger partial charge in [-0.25, -0.2) is 4.68 Å². The molecule has 1 fully saturated rings. The number of aryl methyl sites for hydroxylation is 1. The fourth-order valence-corrected chi connectivity index (χ4v) is 4.29. The number of para-hydroxylation sites is 1. The molecule has 0 bridgehead atoms. The van der Waals surface area contributed by atoms with Crippen LogP contribution in [0.15, 0.2) is 59.4 Å². The number of carbonyl (C=O) groups is 1. The van der Waals surface area contributed by atoms with Crippen LogP contribution in [-0.2, 0) is 13.1 Å². The molecule has 1 N–H and O–H groups in total. The first-order chi connectivity index (χ1) is 15.5. The van der Waals surface area contributed by atoms with Gasteiger partial charge in [0.2, 0.25) is 5.43 Å². The minimum absolute atomic E-state index is 0.149. The van der Waals surface area contributed by atoms with E-state index in [0.717, 1.165) is 25.2 Å². The molecule has 0 spiro atoms. The largest absolute Gasteiger partial charge is 0.346 e. The Kier molecular flexibility index (Phi) is 7.02. The summed E-state index contributed by atoms with van der Waals surface area (Å²) in [6.45, 7) is 5.18. The fraction of sp³-hybridized carbons (Fsp3) is 0.320. The van der Waals surface area contributed by atoms with Crippen molar-refractivity contribution in [1.29, 1.82) is 0 Å². The summed E-state index contributed by atoms with van der Waals surface area (Å²) in [5.74, 6) is -0.497. The van der Waals surface area contributed by atoms with Crippen LogP contribution in [0.4, 0.5) is 0 Å². The molecule has 166 valence electrons. The molecule has 6 nitrogen and oxygen atoms in total. The van der Waals surface area contributed by atoms with Crippen molar-refractivity contribution in [1.82, 2.24) is 20.0 Å². The summed E-state index contributed by atoms with van der Waals surface area (Å²) >= 11 is 6.30. The smallest absolute Gasteiger partial charge is 0.276 e. The molecule has 1 aliphatic rings. The molecular weight excluding hydrogens is 424 g/mol. The van der Waals surface area contributed by atoms with Crippen molar-refractivity contribution in [3.8, 4) is 5.69 Å². The number of piperidine rings is 1. The molecule has 4 rings (SSSR count). The number of hydrogen-bond donors (Lipinski definition) is 1. The Morgan fingerprint density at radius 3 is 2.47 bits per heavy atom. The first kappa shape index (κ1) is 22.2. The van der Waals surface area contributed by atoms with E-state index >= 15 is 0 Å². The summed E-state index contributed by atoms with van der Waals surface area (Å²) in [4.78, 5) is 27.9. The highest BCUT2D eigenvalue weighted by atomic mass is 35.5. The Bertz CT molecular complexity index is 1170. The molecule has 0 atom stereocenters. The maximum absolute atomic E-state index is 12.9. The van der Waals surface area contributed by atoms with Gasteiger partial charge in [0.05, 0.1) is 10.7 Å². The first-order valence-corrected chi connectivity index (χ1v) is 11.3. The average Bonchev–Trinajstić information content (AvgIpc) is 2.80. The number of nitrogens with one attached hydrogen (secondary N) is 1. The molecule has 2 aromatic carbocycles. The van der Waals surface area contributed by atoms with Crippen molar-refractivity contribution in [2.75, 3.05) is 13.1 Å². The van der Waals surface area contributed by atoms with E-state index in [4.69, 9.17) is 11.6 Å². The lowest BCUT2D eigenvalue weighted by atomic mass is 10.0. The summed E-state index contributed by atoms with van der Waals surface area (Å²) in [6.07, 6.45) is 3.76. The molecule has 1 aliphatic heterocycles. The van der Waals surface area contributed by atoms with Gasteiger partial charge in [-0.3, -0.25) is 14.5 Å². The van der Waals surface area contributed by atoms with E-state index in [1.54, 1.807) is 19.1 Å². The monoisotopic (exact) mass is 450 g/mol. The number of benzene rings is 2. The van der Waals surface area contributed by atoms with Crippen LogP contribution in [0.5, 0.6) is 0 Å². The van der Waals surface area contributed by atoms with E-state index in [1.807, 2.05) is 30.3 Å². The highest BCUT2D eigenvalue weighted by Gasteiger charge is 2.17. The van der Waals surface area contributed by atoms with Crippen molar-refractivity contribution >= 4 is 17.5 Å². The maximum Gasteiger partial charge on any atom is 0.276 e. The Balaban J connectivity index is 1.52. The summed E-state index contributed by atoms with van der Waals surface area (Å²) in [6, 6.07) is 16.7. The highest BCUT2D eigenvalue weighted by molar-refractivity contribution is 6.32. The van der Waals surface area contributed by atoms with Crippen molar-refractivity contribution in [3.63, 3.8) is 0 Å². The zero-order valence-corrected chi connectivity index (χ0v) is 18.9. The van der Waals surface area contributed by atoms with Crippen molar-refractivity contribution < 1.29 is 4.79 Å². The molecular formula is C25H27ClN4O2. The normalized spacial score (nSPS) is 14.3. The van der Waals surface area contributed by atoms with Crippen LogP contribution in [0.2, 0.25) is 5.02 Å². The van der Waals surface area contributed by atoms with Crippen LogP contribution in [0.25, 0.3) is 5.69 Å². The van der Waals surface area contributed by atoms with Crippen molar-refractivity contribution in [2.45, 2.75) is 39.3 Å². The maximum atomic E-state index is 12.9. The number of aromatic nitrogens is 2. The second-order valence-electron chi connectivity index (χ2n) is 8.15. The van der Waals surface area contributed by atoms with E-state index in [1.165, 1.54) is 35.6 Å². The summed E-state index contributed by atoms with van der Waals surface area (Å²) in [5, 5.41) is 7.70. The standard InChI is InChI=1S/C25H27ClN4O2/c1-18-15-23(31)24(28-30(18)22-12-6-5-11-21(22)26)25(32)27-16-19-9-3-4-10-20(19)17-29-13-7-2-8-14-29/h3-6,9-12,15H,2,7-8,13-14,16-17H2,1H3,(H,27,32). The van der Waals surface area contributed by atoms with E-state index in [9.17, 15) is 9.59 Å². The highest BCUT2D eigenvalue weighted by Crippen LogP contribution is 2.20. The molecule has 7 heteroatoms. The number of hydrogen-bond acceptors (Lipinski definition) is 4. The topological polar surface area (TPSA) is 67.2 Å². The van der Waals surface area contributed by atoms with Crippen molar-refractivity contribution in [2.24, 2.45) is 0 Å². The third-order valence-electron chi connectivity index (χ3n) is 5.80. The van der Waals surface area contributed by atoms with E-state index in [0.29, 0.717) is 22.9 Å². The summed E-state index contributed by atoms with van der Waals surface area (Å²) in [5.41, 5.74) is 2.90. The Hall–Kier alpha value is -2.96. The molecule has 0 radical (unpaired) electrons. The minimum Gasteiger partial charge on any atom is -0.346 e. The lowest BCUT2D eigenvalue weighted by Gasteiger charge is -2.27. The number of amides is 1. The van der Waals surface area contributed by atoms with Crippen LogP contribution in [-0.4, -0.2) is 33.7 Å². The van der Waals surface area contributed by atoms with Crippen LogP contribution in [0.1, 0.15) is 46.6 Å². The summed E-state index contributed by atoms with van der Waals surface area (Å²) in [7, 11) is 0. The van der Waals surface area contributed by atoms with Gasteiger partial charge in [-0.05, 0) is 56.1 Å². The molecule has 1 aromatic heterocycles. The molecule has 32 heavy (non-hydrogen) atoms. The number of carbonyl (C=O) groups excluding carboxylic acids is 1. The van der Waals surface area contributed by atoms with Gasteiger partial charge >= 0.3 is 0 Å². The molecule has 0 unspecified atom stereocenters. The molecule has 0 saturated carbocycles. The average molecular weight is 451 g/mol. The van der Waals surface area contributed by atoms with Gasteiger partial charge in [-0.15, -0.1) is 0 Å². The number of halogens is 1. The predicted octanol–water partition coefficient (Wildman–Crippen LogP) is 4.11. The van der Waals surface area contributed by atoms with E-state index < -0.39 is 11.3 Å². The van der Waals surface area contributed by atoms with Crippen LogP contribution in [0, 0.1) is 6.92 Å². The van der Waals surface area contributed by atoms with Gasteiger partial charge < -0.3 is 5.32 Å². The lowest BCUT2D eigenvalue weighted by Crippen LogP contribution is -2.32. The van der Waals surface area contributed by atoms with Crippen LogP contribution >= 0.6 is 11.6 Å². The van der Waals surface area contributed by atoms with Crippen LogP contribution in [0.3, 0.4) is 0 Å². The van der Waals surface area contributed by atoms with Gasteiger partial charge in [0, 0.05) is 24.8 Å². The summed E-state index contributed by atoms with van der Waals surface area (Å²) < 4.78 is 1.53. The third kappa shape index (κ3) is 5.09. The van der Waals surface area contributed by atoms with Gasteiger partial charge in [-0.1, -0.05) is 54.4 Å². The van der Waals surface area contributed by atoms with Crippen molar-refractivity contribution in [3.05, 3.63) is 92.4 Å². The Morgan fingerprint density at radius 1 is 1.03 bits per heavy atom. The molecule has 3 aromatic rings. The van der Waals surface area contributed by atoms with Gasteiger partial charge in [-0.2, -0.15) is 5.10 Å². The van der Waals surface area contributed by atoms with E-state index in [-0.39, 0.29) is 5.69 Å². The molecule has 1 saturated heterocycles. The SMILES string of the molecule is Cc1cc(=O)c(C(=O)NCc2ccccc2CN2CCCCC2)nn1-c1ccccc1Cl. The zero-order valence-electron chi connectivity index (χ0n) is 18.2.